The van der Waals surface area contributed by atoms with Gasteiger partial charge in [-0.15, -0.1) is 0 Å². The van der Waals surface area contributed by atoms with Crippen LogP contribution in [0.1, 0.15) is 31.0 Å². The average Bonchev–Trinajstić information content (AvgIpc) is 3.13. The van der Waals surface area contributed by atoms with Crippen LogP contribution in [0, 0.1) is 17.6 Å². The minimum atomic E-state index is -4.84. The largest absolute Gasteiger partial charge is 0.493 e. The molecule has 2 saturated heterocycles. The summed E-state index contributed by atoms with van der Waals surface area (Å²) in [7, 11) is 1.07. The summed E-state index contributed by atoms with van der Waals surface area (Å²) in [6, 6.07) is 5.05. The number of halogens is 5. The molecule has 0 saturated carbocycles. The van der Waals surface area contributed by atoms with E-state index in [1.807, 2.05) is 0 Å². The summed E-state index contributed by atoms with van der Waals surface area (Å²) in [6.07, 6.45) is -4.53. The Bertz CT molecular complexity index is 1140. The fourth-order valence-electron chi connectivity index (χ4n) is 4.92. The van der Waals surface area contributed by atoms with Gasteiger partial charge in [-0.2, -0.15) is 17.6 Å². The van der Waals surface area contributed by atoms with Crippen LogP contribution in [0.5, 0.6) is 5.75 Å². The van der Waals surface area contributed by atoms with E-state index in [1.165, 1.54) is 19.2 Å². The number of carbonyl (C=O) groups excluding carboxylic acids is 1. The lowest BCUT2D eigenvalue weighted by Gasteiger charge is -2.32. The van der Waals surface area contributed by atoms with Gasteiger partial charge < -0.3 is 24.8 Å². The van der Waals surface area contributed by atoms with Gasteiger partial charge in [0, 0.05) is 54.0 Å². The van der Waals surface area contributed by atoms with Gasteiger partial charge in [-0.3, -0.25) is 9.78 Å². The monoisotopic (exact) mass is 529 g/mol. The molecule has 2 aliphatic heterocycles. The van der Waals surface area contributed by atoms with Crippen molar-refractivity contribution < 1.29 is 41.0 Å². The van der Waals surface area contributed by atoms with Crippen LogP contribution < -0.4 is 15.4 Å². The van der Waals surface area contributed by atoms with Crippen LogP contribution in [0.3, 0.4) is 0 Å². The second-order valence-electron chi connectivity index (χ2n) is 9.40. The van der Waals surface area contributed by atoms with Crippen LogP contribution in [-0.2, 0) is 20.7 Å². The molecule has 1 aromatic carbocycles. The number of nitrogens with one attached hydrogen (secondary N) is 2. The molecule has 0 spiro atoms. The summed E-state index contributed by atoms with van der Waals surface area (Å²) in [5.74, 6) is -6.65. The number of benzene rings is 1. The van der Waals surface area contributed by atoms with Crippen LogP contribution in [0.15, 0.2) is 30.5 Å². The molecule has 2 aliphatic rings. The third-order valence-corrected chi connectivity index (χ3v) is 7.11. The number of methoxy groups -OCH3 is 1. The molecule has 1 aromatic heterocycles. The highest BCUT2D eigenvalue weighted by Gasteiger charge is 2.65. The minimum Gasteiger partial charge on any atom is -0.493 e. The quantitative estimate of drug-likeness (QED) is 0.552. The van der Waals surface area contributed by atoms with Gasteiger partial charge in [-0.25, -0.2) is 4.39 Å². The first kappa shape index (κ1) is 27.2. The average molecular weight is 530 g/mol. The van der Waals surface area contributed by atoms with E-state index < -0.39 is 53.0 Å². The van der Waals surface area contributed by atoms with E-state index in [2.05, 4.69) is 15.6 Å². The van der Waals surface area contributed by atoms with Gasteiger partial charge in [-0.05, 0) is 25.1 Å². The molecule has 0 aliphatic carbocycles. The lowest BCUT2D eigenvalue weighted by atomic mass is 9.77. The van der Waals surface area contributed by atoms with Crippen molar-refractivity contribution in [2.24, 2.45) is 5.92 Å². The van der Waals surface area contributed by atoms with Crippen molar-refractivity contribution in [3.63, 3.8) is 0 Å². The SMILES string of the molecule is COc1c([C@H]2[C@H](C(=O)Nc3ccnc(C[C@H]4COCCN4)c3)O[C@@](C)(C(F)(F)F)[C@H]2C)ccc(F)c1F. The molecule has 2 aromatic rings. The van der Waals surface area contributed by atoms with Crippen LogP contribution in [-0.4, -0.2) is 61.7 Å². The van der Waals surface area contributed by atoms with Crippen LogP contribution >= 0.6 is 0 Å². The molecule has 12 heteroatoms. The number of hydrogen-bond donors (Lipinski definition) is 2. The molecular weight excluding hydrogens is 501 g/mol. The van der Waals surface area contributed by atoms with Crippen molar-refractivity contribution in [2.75, 3.05) is 32.2 Å². The first-order valence-electron chi connectivity index (χ1n) is 11.8. The van der Waals surface area contributed by atoms with Crippen molar-refractivity contribution in [2.45, 2.75) is 50.1 Å². The molecule has 4 rings (SSSR count). The molecule has 0 radical (unpaired) electrons. The van der Waals surface area contributed by atoms with E-state index in [1.54, 1.807) is 6.07 Å². The number of morpholine rings is 1. The van der Waals surface area contributed by atoms with Crippen molar-refractivity contribution in [3.05, 3.63) is 53.4 Å². The lowest BCUT2D eigenvalue weighted by Crippen LogP contribution is -2.47. The van der Waals surface area contributed by atoms with E-state index in [4.69, 9.17) is 14.2 Å². The summed E-state index contributed by atoms with van der Waals surface area (Å²) >= 11 is 0. The highest BCUT2D eigenvalue weighted by molar-refractivity contribution is 5.95. The Hall–Kier alpha value is -2.83. The van der Waals surface area contributed by atoms with Gasteiger partial charge in [0.25, 0.3) is 5.91 Å². The molecule has 0 bridgehead atoms. The fourth-order valence-corrected chi connectivity index (χ4v) is 4.92. The summed E-state index contributed by atoms with van der Waals surface area (Å²) in [5, 5.41) is 5.90. The molecule has 1 amide bonds. The summed E-state index contributed by atoms with van der Waals surface area (Å²) in [5.41, 5.74) is -1.88. The van der Waals surface area contributed by atoms with Crippen LogP contribution in [0.2, 0.25) is 0 Å². The van der Waals surface area contributed by atoms with Gasteiger partial charge >= 0.3 is 6.18 Å². The van der Waals surface area contributed by atoms with Gasteiger partial charge in [0.15, 0.2) is 17.2 Å². The smallest absolute Gasteiger partial charge is 0.417 e. The van der Waals surface area contributed by atoms with Gasteiger partial charge in [0.1, 0.15) is 6.10 Å². The first-order valence-corrected chi connectivity index (χ1v) is 11.8. The Balaban J connectivity index is 1.64. The Morgan fingerprint density at radius 1 is 1.30 bits per heavy atom. The van der Waals surface area contributed by atoms with Crippen LogP contribution in [0.25, 0.3) is 0 Å². The molecule has 0 unspecified atom stereocenters. The Morgan fingerprint density at radius 2 is 2.05 bits per heavy atom. The molecule has 2 fully saturated rings. The minimum absolute atomic E-state index is 0.0314. The fraction of sp³-hybridized carbons (Fsp3) is 0.520. The number of aromatic nitrogens is 1. The molecule has 202 valence electrons. The molecule has 5 atom stereocenters. The Kier molecular flexibility index (Phi) is 7.72. The molecule has 2 N–H and O–H groups in total. The predicted octanol–water partition coefficient (Wildman–Crippen LogP) is 3.98. The number of rotatable bonds is 6. The highest BCUT2D eigenvalue weighted by Crippen LogP contribution is 2.55. The number of nitrogens with zero attached hydrogens (tertiary/aromatic N) is 1. The summed E-state index contributed by atoms with van der Waals surface area (Å²) < 4.78 is 86.5. The van der Waals surface area contributed by atoms with Gasteiger partial charge in [-0.1, -0.05) is 13.0 Å². The molecule has 3 heterocycles. The molecule has 37 heavy (non-hydrogen) atoms. The van der Waals surface area contributed by atoms with Crippen molar-refractivity contribution in [3.8, 4) is 5.75 Å². The van der Waals surface area contributed by atoms with Crippen molar-refractivity contribution >= 4 is 11.6 Å². The zero-order chi connectivity index (χ0) is 27.0. The van der Waals surface area contributed by atoms with Crippen molar-refractivity contribution in [1.82, 2.24) is 10.3 Å². The summed E-state index contributed by atoms with van der Waals surface area (Å²) in [6.45, 7) is 3.91. The van der Waals surface area contributed by atoms with Gasteiger partial charge in [0.2, 0.25) is 5.82 Å². The maximum absolute atomic E-state index is 14.5. The molecule has 7 nitrogen and oxygen atoms in total. The first-order chi connectivity index (χ1) is 17.5. The topological polar surface area (TPSA) is 81.7 Å². The number of ether oxygens (including phenoxy) is 3. The Labute approximate surface area is 210 Å². The number of amides is 1. The number of alkyl halides is 3. The molecular formula is C25H28F5N3O4. The van der Waals surface area contributed by atoms with E-state index in [-0.39, 0.29) is 11.6 Å². The van der Waals surface area contributed by atoms with E-state index >= 15 is 0 Å². The zero-order valence-corrected chi connectivity index (χ0v) is 20.5. The highest BCUT2D eigenvalue weighted by atomic mass is 19.4. The maximum atomic E-state index is 14.5. The lowest BCUT2D eigenvalue weighted by molar-refractivity contribution is -0.272. The normalized spacial score (nSPS) is 28.2. The number of pyridine rings is 1. The predicted molar refractivity (Wildman–Crippen MR) is 123 cm³/mol. The van der Waals surface area contributed by atoms with E-state index in [0.29, 0.717) is 37.6 Å². The Morgan fingerprint density at radius 3 is 2.70 bits per heavy atom. The van der Waals surface area contributed by atoms with Crippen LogP contribution in [0.4, 0.5) is 27.6 Å². The third-order valence-electron chi connectivity index (χ3n) is 7.11. The zero-order valence-electron chi connectivity index (χ0n) is 20.5. The third kappa shape index (κ3) is 5.27. The number of carbonyl (C=O) groups is 1. The van der Waals surface area contributed by atoms with E-state index in [9.17, 15) is 26.7 Å². The number of anilines is 1. The second kappa shape index (κ2) is 10.5. The standard InChI is InChI=1S/C25H28F5N3O4/c1-13-19(17-4-5-18(26)20(27)21(17)35-3)22(37-24(13,2)25(28,29)30)23(34)33-14-6-7-31-15(10-14)11-16-12-36-9-8-32-16/h4-7,10,13,16,19,22,32H,8-9,11-12H2,1-3H3,(H,31,33,34)/t13-,16-,19-,22+,24+/m0/s1. The van der Waals surface area contributed by atoms with Crippen molar-refractivity contribution in [1.29, 1.82) is 0 Å². The summed E-state index contributed by atoms with van der Waals surface area (Å²) in [4.78, 5) is 17.6. The maximum Gasteiger partial charge on any atom is 0.417 e. The number of hydrogen-bond acceptors (Lipinski definition) is 6. The van der Waals surface area contributed by atoms with Gasteiger partial charge in [0.05, 0.1) is 20.3 Å². The van der Waals surface area contributed by atoms with E-state index in [0.717, 1.165) is 26.2 Å². The second-order valence-corrected chi connectivity index (χ2v) is 9.40.